The predicted molar refractivity (Wildman–Crippen MR) is 105 cm³/mol. The highest BCUT2D eigenvalue weighted by atomic mass is 16.5. The van der Waals surface area contributed by atoms with Gasteiger partial charge in [-0.15, -0.1) is 0 Å². The second-order valence-corrected chi connectivity index (χ2v) is 6.78. The van der Waals surface area contributed by atoms with Crippen molar-refractivity contribution < 1.29 is 13.9 Å². The van der Waals surface area contributed by atoms with Gasteiger partial charge in [0, 0.05) is 31.1 Å². The van der Waals surface area contributed by atoms with Crippen LogP contribution in [0.15, 0.2) is 65.1 Å². The molecule has 0 bridgehead atoms. The highest BCUT2D eigenvalue weighted by molar-refractivity contribution is 5.98. The second kappa shape index (κ2) is 8.48. The van der Waals surface area contributed by atoms with Gasteiger partial charge in [0.25, 0.3) is 0 Å². The van der Waals surface area contributed by atoms with E-state index in [4.69, 9.17) is 9.15 Å². The number of hydrogen-bond acceptors (Lipinski definition) is 5. The molecule has 0 aliphatic carbocycles. The maximum Gasteiger partial charge on any atom is 0.211 e. The minimum Gasteiger partial charge on any atom is -0.453 e. The van der Waals surface area contributed by atoms with Gasteiger partial charge in [-0.3, -0.25) is 9.69 Å². The Balaban J connectivity index is 1.40. The van der Waals surface area contributed by atoms with Crippen LogP contribution in [0.3, 0.4) is 0 Å². The van der Waals surface area contributed by atoms with Crippen LogP contribution in [-0.2, 0) is 4.74 Å². The van der Waals surface area contributed by atoms with Gasteiger partial charge in [-0.05, 0) is 17.7 Å². The van der Waals surface area contributed by atoms with Crippen LogP contribution in [0.2, 0.25) is 0 Å². The number of hydrogen-bond donors (Lipinski definition) is 1. The fourth-order valence-electron chi connectivity index (χ4n) is 3.55. The average Bonchev–Trinajstić information content (AvgIpc) is 3.17. The SMILES string of the molecule is O=C(CNCC(c1ccccc1)N1CCOCC1)c1cc2ccccc2o1. The van der Waals surface area contributed by atoms with Gasteiger partial charge in [-0.1, -0.05) is 48.5 Å². The van der Waals surface area contributed by atoms with E-state index in [1.54, 1.807) is 0 Å². The third kappa shape index (κ3) is 4.27. The normalized spacial score (nSPS) is 16.4. The lowest BCUT2D eigenvalue weighted by Crippen LogP contribution is -2.43. The number of nitrogens with zero attached hydrogens (tertiary/aromatic N) is 1. The predicted octanol–water partition coefficient (Wildman–Crippen LogP) is 3.28. The van der Waals surface area contributed by atoms with Crippen LogP contribution >= 0.6 is 0 Å². The number of ether oxygens (including phenoxy) is 1. The Morgan fingerprint density at radius 3 is 2.56 bits per heavy atom. The molecular formula is C22H24N2O3. The number of para-hydroxylation sites is 1. The summed E-state index contributed by atoms with van der Waals surface area (Å²) in [5.41, 5.74) is 2.00. The van der Waals surface area contributed by atoms with E-state index >= 15 is 0 Å². The third-order valence-corrected chi connectivity index (χ3v) is 4.99. The molecule has 3 aromatic rings. The van der Waals surface area contributed by atoms with Gasteiger partial charge in [0.15, 0.2) is 5.76 Å². The zero-order valence-electron chi connectivity index (χ0n) is 15.3. The monoisotopic (exact) mass is 364 g/mol. The minimum absolute atomic E-state index is 0.0278. The molecule has 5 nitrogen and oxygen atoms in total. The molecule has 5 heteroatoms. The summed E-state index contributed by atoms with van der Waals surface area (Å²) in [6, 6.07) is 20.1. The summed E-state index contributed by atoms with van der Waals surface area (Å²) < 4.78 is 11.2. The van der Waals surface area contributed by atoms with E-state index in [1.165, 1.54) is 5.56 Å². The number of rotatable bonds is 7. The van der Waals surface area contributed by atoms with Crippen molar-refractivity contribution in [3.05, 3.63) is 72.0 Å². The molecule has 1 aliphatic heterocycles. The minimum atomic E-state index is -0.0278. The molecule has 1 N–H and O–H groups in total. The van der Waals surface area contributed by atoms with Gasteiger partial charge in [0.1, 0.15) is 5.58 Å². The molecule has 1 atom stereocenters. The van der Waals surface area contributed by atoms with Crippen LogP contribution < -0.4 is 5.32 Å². The standard InChI is InChI=1S/C22H24N2O3/c25-20(22-14-18-8-4-5-9-21(18)27-22)16-23-15-19(17-6-2-1-3-7-17)24-10-12-26-13-11-24/h1-9,14,19,23H,10-13,15-16H2. The number of ketones is 1. The number of morpholine rings is 1. The van der Waals surface area contributed by atoms with Crippen molar-refractivity contribution in [3.8, 4) is 0 Å². The third-order valence-electron chi connectivity index (χ3n) is 4.99. The molecule has 1 aromatic heterocycles. The van der Waals surface area contributed by atoms with Crippen molar-refractivity contribution in [3.63, 3.8) is 0 Å². The van der Waals surface area contributed by atoms with E-state index in [0.29, 0.717) is 12.3 Å². The first-order valence-electron chi connectivity index (χ1n) is 9.40. The summed E-state index contributed by atoms with van der Waals surface area (Å²) in [6.45, 7) is 4.27. The van der Waals surface area contributed by atoms with Gasteiger partial charge in [-0.2, -0.15) is 0 Å². The molecule has 0 saturated carbocycles. The number of furan rings is 1. The van der Waals surface area contributed by atoms with Gasteiger partial charge < -0.3 is 14.5 Å². The molecule has 2 aromatic carbocycles. The number of carbonyl (C=O) groups excluding carboxylic acids is 1. The van der Waals surface area contributed by atoms with E-state index < -0.39 is 0 Å². The molecule has 1 fully saturated rings. The lowest BCUT2D eigenvalue weighted by atomic mass is 10.0. The zero-order chi connectivity index (χ0) is 18.5. The fourth-order valence-corrected chi connectivity index (χ4v) is 3.55. The van der Waals surface area contributed by atoms with Crippen molar-refractivity contribution in [1.29, 1.82) is 0 Å². The average molecular weight is 364 g/mol. The first-order chi connectivity index (χ1) is 13.3. The molecule has 1 aliphatic rings. The van der Waals surface area contributed by atoms with Crippen molar-refractivity contribution >= 4 is 16.8 Å². The van der Waals surface area contributed by atoms with Crippen LogP contribution in [0, 0.1) is 0 Å². The molecule has 4 rings (SSSR count). The van der Waals surface area contributed by atoms with E-state index in [9.17, 15) is 4.79 Å². The molecule has 0 radical (unpaired) electrons. The Morgan fingerprint density at radius 2 is 1.78 bits per heavy atom. The number of nitrogens with one attached hydrogen (secondary N) is 1. The molecule has 0 amide bonds. The number of benzene rings is 2. The van der Waals surface area contributed by atoms with Crippen LogP contribution in [0.25, 0.3) is 11.0 Å². The molecular weight excluding hydrogens is 340 g/mol. The Morgan fingerprint density at radius 1 is 1.04 bits per heavy atom. The van der Waals surface area contributed by atoms with Crippen LogP contribution in [0.5, 0.6) is 0 Å². The summed E-state index contributed by atoms with van der Waals surface area (Å²) >= 11 is 0. The Bertz CT molecular complexity index is 852. The van der Waals surface area contributed by atoms with Gasteiger partial charge in [-0.25, -0.2) is 0 Å². The summed E-state index contributed by atoms with van der Waals surface area (Å²) in [5.74, 6) is 0.381. The summed E-state index contributed by atoms with van der Waals surface area (Å²) in [4.78, 5) is 14.9. The molecule has 1 saturated heterocycles. The largest absolute Gasteiger partial charge is 0.453 e. The topological polar surface area (TPSA) is 54.7 Å². The second-order valence-electron chi connectivity index (χ2n) is 6.78. The van der Waals surface area contributed by atoms with Crippen LogP contribution in [0.1, 0.15) is 22.2 Å². The smallest absolute Gasteiger partial charge is 0.211 e. The molecule has 2 heterocycles. The van der Waals surface area contributed by atoms with Crippen LogP contribution in [-0.4, -0.2) is 50.1 Å². The summed E-state index contributed by atoms with van der Waals surface area (Å²) in [7, 11) is 0. The number of Topliss-reactive ketones (excluding diaryl/α,β-unsaturated/α-hetero) is 1. The zero-order valence-corrected chi connectivity index (χ0v) is 15.3. The first-order valence-corrected chi connectivity index (χ1v) is 9.40. The van der Waals surface area contributed by atoms with Crippen molar-refractivity contribution in [2.75, 3.05) is 39.4 Å². The lowest BCUT2D eigenvalue weighted by molar-refractivity contribution is 0.0162. The maximum absolute atomic E-state index is 12.5. The van der Waals surface area contributed by atoms with Gasteiger partial charge in [0.2, 0.25) is 5.78 Å². The fraction of sp³-hybridized carbons (Fsp3) is 0.318. The van der Waals surface area contributed by atoms with E-state index in [1.807, 2.05) is 36.4 Å². The van der Waals surface area contributed by atoms with Crippen molar-refractivity contribution in [2.24, 2.45) is 0 Å². The summed E-state index contributed by atoms with van der Waals surface area (Å²) in [5, 5.41) is 4.29. The Kier molecular flexibility index (Phi) is 5.63. The van der Waals surface area contributed by atoms with Gasteiger partial charge >= 0.3 is 0 Å². The highest BCUT2D eigenvalue weighted by Gasteiger charge is 2.22. The highest BCUT2D eigenvalue weighted by Crippen LogP contribution is 2.22. The van der Waals surface area contributed by atoms with E-state index in [0.717, 1.165) is 37.3 Å². The lowest BCUT2D eigenvalue weighted by Gasteiger charge is -2.35. The van der Waals surface area contributed by atoms with Gasteiger partial charge in [0.05, 0.1) is 19.8 Å². The summed E-state index contributed by atoms with van der Waals surface area (Å²) in [6.07, 6.45) is 0. The molecule has 1 unspecified atom stereocenters. The van der Waals surface area contributed by atoms with Crippen molar-refractivity contribution in [1.82, 2.24) is 10.2 Å². The number of carbonyl (C=O) groups is 1. The maximum atomic E-state index is 12.5. The molecule has 140 valence electrons. The molecule has 0 spiro atoms. The van der Waals surface area contributed by atoms with Crippen LogP contribution in [0.4, 0.5) is 0 Å². The first kappa shape index (κ1) is 17.9. The Hall–Kier alpha value is -2.47. The van der Waals surface area contributed by atoms with Crippen molar-refractivity contribution in [2.45, 2.75) is 6.04 Å². The van der Waals surface area contributed by atoms with E-state index in [-0.39, 0.29) is 18.4 Å². The Labute approximate surface area is 158 Å². The number of fused-ring (bicyclic) bond motifs is 1. The quantitative estimate of drug-likeness (QED) is 0.652. The molecule has 27 heavy (non-hydrogen) atoms. The van der Waals surface area contributed by atoms with E-state index in [2.05, 4.69) is 34.5 Å².